The first-order valence-corrected chi connectivity index (χ1v) is 8.31. The Morgan fingerprint density at radius 3 is 2.50 bits per heavy atom. The third-order valence-corrected chi connectivity index (χ3v) is 3.62. The van der Waals surface area contributed by atoms with E-state index in [1.807, 2.05) is 18.7 Å². The molecule has 0 heterocycles. The van der Waals surface area contributed by atoms with E-state index in [0.717, 1.165) is 13.0 Å². The van der Waals surface area contributed by atoms with Gasteiger partial charge in [-0.05, 0) is 38.3 Å². The molecule has 0 aliphatic carbocycles. The minimum absolute atomic E-state index is 0.0688. The Balaban J connectivity index is 3.41. The van der Waals surface area contributed by atoms with Gasteiger partial charge in [-0.2, -0.15) is 11.8 Å². The summed E-state index contributed by atoms with van der Waals surface area (Å²) in [7, 11) is -2.84. The molecule has 0 spiro atoms. The van der Waals surface area contributed by atoms with E-state index < -0.39 is 9.84 Å². The largest absolute Gasteiger partial charge is 0.313 e. The topological polar surface area (TPSA) is 46.2 Å². The van der Waals surface area contributed by atoms with Crippen molar-refractivity contribution >= 4 is 21.6 Å². The smallest absolute Gasteiger partial charge is 0.148 e. The summed E-state index contributed by atoms with van der Waals surface area (Å²) in [5.41, 5.74) is 0. The van der Waals surface area contributed by atoms with Crippen LogP contribution in [0.1, 0.15) is 19.8 Å². The van der Waals surface area contributed by atoms with Crippen molar-refractivity contribution < 1.29 is 8.42 Å². The van der Waals surface area contributed by atoms with Crippen LogP contribution in [0.15, 0.2) is 0 Å². The standard InChI is InChI=1S/C9H21NO2S2/c1-9(8-14(3,11)12)10-6-4-5-7-13-2/h9-10H,4-8H2,1-3H3. The van der Waals surface area contributed by atoms with Crippen LogP contribution in [0.2, 0.25) is 0 Å². The molecule has 0 amide bonds. The number of unbranched alkanes of at least 4 members (excludes halogenated alkanes) is 1. The first-order chi connectivity index (χ1) is 6.45. The van der Waals surface area contributed by atoms with E-state index in [4.69, 9.17) is 0 Å². The Labute approximate surface area is 92.0 Å². The van der Waals surface area contributed by atoms with Gasteiger partial charge < -0.3 is 5.32 Å². The van der Waals surface area contributed by atoms with Crippen LogP contribution < -0.4 is 5.32 Å². The molecule has 0 fully saturated rings. The summed E-state index contributed by atoms with van der Waals surface area (Å²) in [4.78, 5) is 0. The molecular formula is C9H21NO2S2. The molecule has 0 saturated carbocycles. The second-order valence-corrected chi connectivity index (χ2v) is 6.82. The highest BCUT2D eigenvalue weighted by Crippen LogP contribution is 1.98. The quantitative estimate of drug-likeness (QED) is 0.646. The highest BCUT2D eigenvalue weighted by molar-refractivity contribution is 7.98. The Morgan fingerprint density at radius 2 is 2.00 bits per heavy atom. The Hall–Kier alpha value is 0.260. The molecule has 5 heteroatoms. The van der Waals surface area contributed by atoms with E-state index in [2.05, 4.69) is 11.6 Å². The number of sulfone groups is 1. The van der Waals surface area contributed by atoms with E-state index in [9.17, 15) is 8.42 Å². The highest BCUT2D eigenvalue weighted by atomic mass is 32.2. The van der Waals surface area contributed by atoms with Gasteiger partial charge in [-0.25, -0.2) is 8.42 Å². The monoisotopic (exact) mass is 239 g/mol. The zero-order valence-electron chi connectivity index (χ0n) is 9.25. The molecule has 0 saturated heterocycles. The van der Waals surface area contributed by atoms with Gasteiger partial charge in [0.25, 0.3) is 0 Å². The second-order valence-electron chi connectivity index (χ2n) is 3.65. The minimum atomic E-state index is -2.84. The first kappa shape index (κ1) is 14.3. The molecule has 1 atom stereocenters. The van der Waals surface area contributed by atoms with Crippen molar-refractivity contribution in [2.45, 2.75) is 25.8 Å². The number of rotatable bonds is 8. The van der Waals surface area contributed by atoms with Gasteiger partial charge in [-0.15, -0.1) is 0 Å². The van der Waals surface area contributed by atoms with Gasteiger partial charge in [0.05, 0.1) is 5.75 Å². The second kappa shape index (κ2) is 7.54. The summed E-state index contributed by atoms with van der Waals surface area (Å²) in [6, 6.07) is 0.0688. The van der Waals surface area contributed by atoms with E-state index in [0.29, 0.717) is 0 Å². The lowest BCUT2D eigenvalue weighted by molar-refractivity contribution is 0.550. The molecule has 86 valence electrons. The van der Waals surface area contributed by atoms with E-state index >= 15 is 0 Å². The van der Waals surface area contributed by atoms with Gasteiger partial charge in [0.1, 0.15) is 9.84 Å². The lowest BCUT2D eigenvalue weighted by Crippen LogP contribution is -2.33. The van der Waals surface area contributed by atoms with E-state index in [1.165, 1.54) is 18.4 Å². The molecule has 0 aromatic rings. The SMILES string of the molecule is CSCCCCNC(C)CS(C)(=O)=O. The Morgan fingerprint density at radius 1 is 1.36 bits per heavy atom. The van der Waals surface area contributed by atoms with Crippen molar-refractivity contribution in [3.8, 4) is 0 Å². The lowest BCUT2D eigenvalue weighted by Gasteiger charge is -2.11. The average Bonchev–Trinajstić information content (AvgIpc) is 2.00. The fraction of sp³-hybridized carbons (Fsp3) is 1.00. The maximum Gasteiger partial charge on any atom is 0.148 e. The van der Waals surface area contributed by atoms with Crippen molar-refractivity contribution in [3.05, 3.63) is 0 Å². The van der Waals surface area contributed by atoms with Gasteiger partial charge in [0.2, 0.25) is 0 Å². The van der Waals surface area contributed by atoms with E-state index in [-0.39, 0.29) is 11.8 Å². The van der Waals surface area contributed by atoms with Crippen LogP contribution in [-0.4, -0.2) is 45.0 Å². The highest BCUT2D eigenvalue weighted by Gasteiger charge is 2.08. The molecule has 3 nitrogen and oxygen atoms in total. The van der Waals surface area contributed by atoms with Gasteiger partial charge in [0.15, 0.2) is 0 Å². The normalized spacial score (nSPS) is 14.2. The summed E-state index contributed by atoms with van der Waals surface area (Å²) in [5.74, 6) is 1.41. The van der Waals surface area contributed by atoms with Gasteiger partial charge in [0, 0.05) is 12.3 Å². The van der Waals surface area contributed by atoms with Crippen LogP contribution in [-0.2, 0) is 9.84 Å². The van der Waals surface area contributed by atoms with Crippen LogP contribution in [0.25, 0.3) is 0 Å². The Kier molecular flexibility index (Phi) is 7.68. The molecule has 14 heavy (non-hydrogen) atoms. The van der Waals surface area contributed by atoms with Crippen LogP contribution in [0.3, 0.4) is 0 Å². The molecule has 0 bridgehead atoms. The zero-order valence-corrected chi connectivity index (χ0v) is 10.9. The molecule has 0 aromatic heterocycles. The summed E-state index contributed by atoms with van der Waals surface area (Å²) in [5, 5.41) is 3.21. The number of nitrogens with one attached hydrogen (secondary N) is 1. The van der Waals surface area contributed by atoms with Crippen molar-refractivity contribution in [1.29, 1.82) is 0 Å². The minimum Gasteiger partial charge on any atom is -0.313 e. The average molecular weight is 239 g/mol. The van der Waals surface area contributed by atoms with Gasteiger partial charge >= 0.3 is 0 Å². The molecule has 0 aromatic carbocycles. The van der Waals surface area contributed by atoms with Crippen molar-refractivity contribution in [3.63, 3.8) is 0 Å². The molecule has 0 aliphatic rings. The van der Waals surface area contributed by atoms with Crippen LogP contribution in [0.5, 0.6) is 0 Å². The molecule has 1 unspecified atom stereocenters. The maximum absolute atomic E-state index is 10.9. The Bertz CT molecular complexity index is 227. The fourth-order valence-electron chi connectivity index (χ4n) is 1.23. The number of thioether (sulfide) groups is 1. The van der Waals surface area contributed by atoms with Gasteiger partial charge in [-0.1, -0.05) is 0 Å². The van der Waals surface area contributed by atoms with Crippen LogP contribution in [0.4, 0.5) is 0 Å². The molecule has 0 aliphatic heterocycles. The molecule has 0 radical (unpaired) electrons. The summed E-state index contributed by atoms with van der Waals surface area (Å²) >= 11 is 1.85. The third-order valence-electron chi connectivity index (χ3n) is 1.82. The summed E-state index contributed by atoms with van der Waals surface area (Å²) in [6.45, 7) is 2.83. The molecule has 0 rings (SSSR count). The lowest BCUT2D eigenvalue weighted by atomic mass is 10.3. The predicted octanol–water partition coefficient (Wildman–Crippen LogP) is 1.15. The van der Waals surface area contributed by atoms with Crippen molar-refractivity contribution in [2.75, 3.05) is 30.6 Å². The van der Waals surface area contributed by atoms with E-state index in [1.54, 1.807) is 0 Å². The molecule has 1 N–H and O–H groups in total. The third kappa shape index (κ3) is 10.3. The fourth-order valence-corrected chi connectivity index (χ4v) is 2.75. The van der Waals surface area contributed by atoms with Crippen LogP contribution in [0, 0.1) is 0 Å². The number of hydrogen-bond acceptors (Lipinski definition) is 4. The number of hydrogen-bond donors (Lipinski definition) is 1. The maximum atomic E-state index is 10.9. The molecular weight excluding hydrogens is 218 g/mol. The van der Waals surface area contributed by atoms with Crippen molar-refractivity contribution in [2.24, 2.45) is 0 Å². The first-order valence-electron chi connectivity index (χ1n) is 4.86. The summed E-state index contributed by atoms with van der Waals surface area (Å²) in [6.07, 6.45) is 5.69. The zero-order chi connectivity index (χ0) is 11.0. The van der Waals surface area contributed by atoms with Crippen molar-refractivity contribution in [1.82, 2.24) is 5.32 Å². The van der Waals surface area contributed by atoms with Gasteiger partial charge in [-0.3, -0.25) is 0 Å². The summed E-state index contributed by atoms with van der Waals surface area (Å²) < 4.78 is 21.9. The van der Waals surface area contributed by atoms with Crippen LogP contribution >= 0.6 is 11.8 Å². The predicted molar refractivity (Wildman–Crippen MR) is 64.8 cm³/mol.